The van der Waals surface area contributed by atoms with Gasteiger partial charge in [0.2, 0.25) is 0 Å². The molecule has 2 rings (SSSR count). The molecule has 15 heavy (non-hydrogen) atoms. The highest BCUT2D eigenvalue weighted by atomic mass is 16.5. The monoisotopic (exact) mass is 210 g/mol. The molecule has 0 spiro atoms. The Morgan fingerprint density at radius 3 is 2.13 bits per heavy atom. The number of ketones is 1. The van der Waals surface area contributed by atoms with Crippen LogP contribution in [0.4, 0.5) is 0 Å². The van der Waals surface area contributed by atoms with Gasteiger partial charge in [0.05, 0.1) is 13.2 Å². The molecule has 1 aliphatic carbocycles. The molecule has 3 atom stereocenters. The zero-order valence-electron chi connectivity index (χ0n) is 10.1. The highest BCUT2D eigenvalue weighted by Gasteiger charge is 2.44. The summed E-state index contributed by atoms with van der Waals surface area (Å²) in [4.78, 5) is 12.4. The fourth-order valence-corrected chi connectivity index (χ4v) is 3.06. The topological polar surface area (TPSA) is 26.3 Å². The second-order valence-electron chi connectivity index (χ2n) is 6.13. The first-order valence-corrected chi connectivity index (χ1v) is 6.12. The van der Waals surface area contributed by atoms with Crippen molar-refractivity contribution in [1.29, 1.82) is 0 Å². The summed E-state index contributed by atoms with van der Waals surface area (Å²) in [5.41, 5.74) is -0.185. The van der Waals surface area contributed by atoms with Crippen molar-refractivity contribution >= 4 is 5.78 Å². The van der Waals surface area contributed by atoms with Crippen LogP contribution in [0.5, 0.6) is 0 Å². The minimum absolute atomic E-state index is 0.185. The Labute approximate surface area is 92.4 Å². The quantitative estimate of drug-likeness (QED) is 0.665. The van der Waals surface area contributed by atoms with E-state index in [9.17, 15) is 4.79 Å². The summed E-state index contributed by atoms with van der Waals surface area (Å²) in [5, 5.41) is 0. The summed E-state index contributed by atoms with van der Waals surface area (Å²) in [5.74, 6) is 1.75. The van der Waals surface area contributed by atoms with Crippen molar-refractivity contribution in [3.05, 3.63) is 0 Å². The van der Waals surface area contributed by atoms with Gasteiger partial charge in [0.15, 0.2) is 0 Å². The Kier molecular flexibility index (Phi) is 2.89. The lowest BCUT2D eigenvalue weighted by Gasteiger charge is -2.43. The predicted molar refractivity (Wildman–Crippen MR) is 59.6 cm³/mol. The summed E-state index contributed by atoms with van der Waals surface area (Å²) in [7, 11) is 0. The fraction of sp³-hybridized carbons (Fsp3) is 0.923. The lowest BCUT2D eigenvalue weighted by atomic mass is 9.65. The van der Waals surface area contributed by atoms with Gasteiger partial charge in [-0.15, -0.1) is 0 Å². The molecule has 1 saturated heterocycles. The number of rotatable bonds is 1. The van der Waals surface area contributed by atoms with Crippen LogP contribution in [0.25, 0.3) is 0 Å². The molecule has 1 saturated carbocycles. The normalized spacial score (nSPS) is 36.3. The van der Waals surface area contributed by atoms with Gasteiger partial charge < -0.3 is 4.74 Å². The third kappa shape index (κ3) is 2.10. The van der Waals surface area contributed by atoms with Gasteiger partial charge in [-0.3, -0.25) is 4.79 Å². The zero-order valence-corrected chi connectivity index (χ0v) is 10.1. The Balaban J connectivity index is 2.16. The first kappa shape index (κ1) is 11.1. The minimum Gasteiger partial charge on any atom is -0.381 e. The van der Waals surface area contributed by atoms with Crippen molar-refractivity contribution in [2.24, 2.45) is 23.2 Å². The van der Waals surface area contributed by atoms with Crippen molar-refractivity contribution in [2.75, 3.05) is 13.2 Å². The highest BCUT2D eigenvalue weighted by Crippen LogP contribution is 2.42. The molecule has 0 amide bonds. The van der Waals surface area contributed by atoms with E-state index in [-0.39, 0.29) is 11.3 Å². The smallest absolute Gasteiger partial charge is 0.141 e. The second kappa shape index (κ2) is 3.89. The molecule has 86 valence electrons. The van der Waals surface area contributed by atoms with E-state index in [1.54, 1.807) is 0 Å². The number of hydrogen-bond donors (Lipinski definition) is 0. The molecular weight excluding hydrogens is 188 g/mol. The average Bonchev–Trinajstić information content (AvgIpc) is 2.14. The van der Waals surface area contributed by atoms with Crippen LogP contribution in [0.3, 0.4) is 0 Å². The van der Waals surface area contributed by atoms with Crippen LogP contribution < -0.4 is 0 Å². The number of carbonyl (C=O) groups excluding carboxylic acids is 1. The van der Waals surface area contributed by atoms with Crippen LogP contribution in [-0.4, -0.2) is 19.0 Å². The van der Waals surface area contributed by atoms with Crippen LogP contribution in [0.15, 0.2) is 0 Å². The van der Waals surface area contributed by atoms with Crippen LogP contribution >= 0.6 is 0 Å². The molecule has 2 fully saturated rings. The van der Waals surface area contributed by atoms with Crippen LogP contribution in [0, 0.1) is 23.2 Å². The maximum absolute atomic E-state index is 12.4. The molecule has 2 nitrogen and oxygen atoms in total. The van der Waals surface area contributed by atoms with Crippen LogP contribution in [0.2, 0.25) is 0 Å². The maximum Gasteiger partial charge on any atom is 0.141 e. The Morgan fingerprint density at radius 2 is 1.67 bits per heavy atom. The lowest BCUT2D eigenvalue weighted by Crippen LogP contribution is -2.46. The number of ether oxygens (including phenoxy) is 1. The number of carbonyl (C=O) groups is 1. The molecule has 2 aliphatic rings. The van der Waals surface area contributed by atoms with E-state index >= 15 is 0 Å². The molecule has 1 aliphatic heterocycles. The summed E-state index contributed by atoms with van der Waals surface area (Å²) in [6, 6.07) is 0. The number of Topliss-reactive ketones (excluding diaryl/α,β-unsaturated/α-hetero) is 1. The second-order valence-corrected chi connectivity index (χ2v) is 6.13. The van der Waals surface area contributed by atoms with Gasteiger partial charge in [0.25, 0.3) is 0 Å². The summed E-state index contributed by atoms with van der Waals surface area (Å²) >= 11 is 0. The molecule has 2 heteroatoms. The first-order chi connectivity index (χ1) is 7.00. The highest BCUT2D eigenvalue weighted by molar-refractivity contribution is 5.86. The third-order valence-corrected chi connectivity index (χ3v) is 3.87. The summed E-state index contributed by atoms with van der Waals surface area (Å²) < 4.78 is 5.58. The van der Waals surface area contributed by atoms with Crippen molar-refractivity contribution in [3.8, 4) is 0 Å². The van der Waals surface area contributed by atoms with Crippen LogP contribution in [-0.2, 0) is 9.53 Å². The molecule has 2 bridgehead atoms. The van der Waals surface area contributed by atoms with Crippen molar-refractivity contribution in [2.45, 2.75) is 40.0 Å². The average molecular weight is 210 g/mol. The van der Waals surface area contributed by atoms with Crippen molar-refractivity contribution in [1.82, 2.24) is 0 Å². The molecule has 0 N–H and O–H groups in total. The maximum atomic E-state index is 12.4. The van der Waals surface area contributed by atoms with E-state index in [1.165, 1.54) is 19.3 Å². The largest absolute Gasteiger partial charge is 0.381 e. The SMILES string of the molecule is CC(C)(C)C(=O)C1[C@@H]2CCC[C@H]1COC2. The Bertz CT molecular complexity index is 230. The van der Waals surface area contributed by atoms with Gasteiger partial charge in [-0.2, -0.15) is 0 Å². The Hall–Kier alpha value is -0.370. The minimum atomic E-state index is -0.185. The van der Waals surface area contributed by atoms with Gasteiger partial charge >= 0.3 is 0 Å². The van der Waals surface area contributed by atoms with Gasteiger partial charge in [-0.25, -0.2) is 0 Å². The van der Waals surface area contributed by atoms with E-state index in [0.717, 1.165) is 13.2 Å². The molecule has 1 heterocycles. The molecule has 0 aromatic heterocycles. The number of fused-ring (bicyclic) bond motifs is 2. The molecule has 0 aromatic carbocycles. The van der Waals surface area contributed by atoms with E-state index in [1.807, 2.05) is 20.8 Å². The van der Waals surface area contributed by atoms with E-state index < -0.39 is 0 Å². The van der Waals surface area contributed by atoms with Gasteiger partial charge in [-0.1, -0.05) is 27.2 Å². The standard InChI is InChI=1S/C13H22O2/c1-13(2,3)12(14)11-9-5-4-6-10(11)8-15-7-9/h9-11H,4-8H2,1-3H3/t9-,10+,11?. The molecule has 0 aromatic rings. The van der Waals surface area contributed by atoms with Gasteiger partial charge in [-0.05, 0) is 24.7 Å². The molecule has 0 radical (unpaired) electrons. The van der Waals surface area contributed by atoms with E-state index in [4.69, 9.17) is 4.74 Å². The van der Waals surface area contributed by atoms with E-state index in [0.29, 0.717) is 17.6 Å². The summed E-state index contributed by atoms with van der Waals surface area (Å²) in [6.07, 6.45) is 3.65. The summed E-state index contributed by atoms with van der Waals surface area (Å²) in [6.45, 7) is 7.74. The van der Waals surface area contributed by atoms with E-state index in [2.05, 4.69) is 0 Å². The van der Waals surface area contributed by atoms with Crippen molar-refractivity contribution < 1.29 is 9.53 Å². The molecular formula is C13H22O2. The predicted octanol–water partition coefficient (Wildman–Crippen LogP) is 2.66. The van der Waals surface area contributed by atoms with Crippen LogP contribution in [0.1, 0.15) is 40.0 Å². The van der Waals surface area contributed by atoms with Gasteiger partial charge in [0, 0.05) is 11.3 Å². The first-order valence-electron chi connectivity index (χ1n) is 6.12. The fourth-order valence-electron chi connectivity index (χ4n) is 3.06. The van der Waals surface area contributed by atoms with Crippen molar-refractivity contribution in [3.63, 3.8) is 0 Å². The Morgan fingerprint density at radius 1 is 1.13 bits per heavy atom. The third-order valence-electron chi connectivity index (χ3n) is 3.87. The lowest BCUT2D eigenvalue weighted by molar-refractivity contribution is -0.144. The zero-order chi connectivity index (χ0) is 11.1. The molecule has 1 unspecified atom stereocenters. The van der Waals surface area contributed by atoms with Gasteiger partial charge in [0.1, 0.15) is 5.78 Å². The number of hydrogen-bond acceptors (Lipinski definition) is 2.